The lowest BCUT2D eigenvalue weighted by Gasteiger charge is -2.21. The molecule has 2 N–H and O–H groups in total. The van der Waals surface area contributed by atoms with Crippen molar-refractivity contribution in [2.24, 2.45) is 0 Å². The molecule has 6 nitrogen and oxygen atoms in total. The summed E-state index contributed by atoms with van der Waals surface area (Å²) in [6.07, 6.45) is 0. The molecule has 0 saturated heterocycles. The number of anilines is 1. The number of nitrogens with one attached hydrogen (secondary N) is 2. The summed E-state index contributed by atoms with van der Waals surface area (Å²) >= 11 is 3.21. The zero-order valence-corrected chi connectivity index (χ0v) is 14.0. The topological polar surface area (TPSA) is 90.5 Å². The normalized spacial score (nSPS) is 11.9. The number of hydrogen-bond donors (Lipinski definition) is 2. The third-order valence-electron chi connectivity index (χ3n) is 1.89. The molecule has 0 fully saturated rings. The van der Waals surface area contributed by atoms with Crippen molar-refractivity contribution in [2.75, 3.05) is 18.3 Å². The highest BCUT2D eigenvalue weighted by atomic mass is 35.5. The molecule has 0 spiro atoms. The first-order chi connectivity index (χ1) is 9.69. The highest BCUT2D eigenvalue weighted by Gasteiger charge is 2.07. The molecule has 0 aliphatic carbocycles. The average Bonchev–Trinajstić information content (AvgIpc) is 2.37. The van der Waals surface area contributed by atoms with Gasteiger partial charge >= 0.3 is 0 Å². The maximum absolute atomic E-state index is 11.0. The Morgan fingerprint density at radius 2 is 1.95 bits per heavy atom. The standard InChI is InChI=1S/C9H10ClNO2.C4H11NO2S/c1-13-8-5-3-2-4-7(8)11-9(12)6-10;1-4(2,3)5-8(6)7/h2-5H,6H2,1H3,(H,11,12);5H,1-3H3,(H,6,7)/p-1. The van der Waals surface area contributed by atoms with E-state index in [1.165, 1.54) is 0 Å². The van der Waals surface area contributed by atoms with Crippen LogP contribution < -0.4 is 14.8 Å². The van der Waals surface area contributed by atoms with E-state index in [0.717, 1.165) is 0 Å². The number of ether oxygens (including phenoxy) is 1. The number of carbonyl (C=O) groups is 1. The Hall–Kier alpha value is -1.15. The van der Waals surface area contributed by atoms with Crippen LogP contribution in [0.3, 0.4) is 0 Å². The summed E-state index contributed by atoms with van der Waals surface area (Å²) in [5.41, 5.74) is 0.294. The van der Waals surface area contributed by atoms with E-state index in [-0.39, 0.29) is 17.3 Å². The smallest absolute Gasteiger partial charge is 0.239 e. The van der Waals surface area contributed by atoms with Crippen LogP contribution in [0.2, 0.25) is 0 Å². The van der Waals surface area contributed by atoms with Gasteiger partial charge in [0.1, 0.15) is 11.6 Å². The minimum Gasteiger partial charge on any atom is -0.760 e. The molecular weight excluding hydrogens is 316 g/mol. The maximum atomic E-state index is 11.0. The van der Waals surface area contributed by atoms with E-state index < -0.39 is 11.3 Å². The minimum absolute atomic E-state index is 0.0575. The maximum Gasteiger partial charge on any atom is 0.239 e. The fraction of sp³-hybridized carbons (Fsp3) is 0.462. The molecule has 1 unspecified atom stereocenters. The zero-order chi connectivity index (χ0) is 16.5. The average molecular weight is 336 g/mol. The first-order valence-electron chi connectivity index (χ1n) is 6.05. The summed E-state index contributed by atoms with van der Waals surface area (Å²) in [5, 5.41) is 2.62. The van der Waals surface area contributed by atoms with Crippen LogP contribution in [0.4, 0.5) is 5.69 Å². The van der Waals surface area contributed by atoms with Crippen LogP contribution in [0.25, 0.3) is 0 Å². The highest BCUT2D eigenvalue weighted by molar-refractivity contribution is 7.77. The predicted molar refractivity (Wildman–Crippen MR) is 84.2 cm³/mol. The van der Waals surface area contributed by atoms with E-state index in [0.29, 0.717) is 11.4 Å². The van der Waals surface area contributed by atoms with Crippen molar-refractivity contribution < 1.29 is 18.3 Å². The summed E-state index contributed by atoms with van der Waals surface area (Å²) in [7, 11) is 1.55. The molecule has 120 valence electrons. The Kier molecular flexibility index (Phi) is 9.19. The minimum atomic E-state index is -2.14. The molecule has 0 saturated carbocycles. The molecule has 1 amide bonds. The van der Waals surface area contributed by atoms with Crippen LogP contribution >= 0.6 is 11.6 Å². The summed E-state index contributed by atoms with van der Waals surface area (Å²) in [6.45, 7) is 5.34. The third kappa shape index (κ3) is 10.3. The van der Waals surface area contributed by atoms with Gasteiger partial charge < -0.3 is 14.6 Å². The number of halogens is 1. The van der Waals surface area contributed by atoms with Gasteiger partial charge in [0.25, 0.3) is 0 Å². The summed E-state index contributed by atoms with van der Waals surface area (Å²) in [5.74, 6) is 0.324. The van der Waals surface area contributed by atoms with Crippen LogP contribution in [0, 0.1) is 0 Å². The van der Waals surface area contributed by atoms with E-state index in [1.807, 2.05) is 12.1 Å². The van der Waals surface area contributed by atoms with Crippen LogP contribution in [0.15, 0.2) is 24.3 Å². The summed E-state index contributed by atoms with van der Waals surface area (Å²) in [4.78, 5) is 11.0. The second-order valence-corrected chi connectivity index (χ2v) is 5.91. The molecule has 0 bridgehead atoms. The van der Waals surface area contributed by atoms with Crippen LogP contribution in [0.5, 0.6) is 5.75 Å². The van der Waals surface area contributed by atoms with Gasteiger partial charge in [-0.1, -0.05) is 12.1 Å². The number of carbonyl (C=O) groups excluding carboxylic acids is 1. The lowest BCUT2D eigenvalue weighted by atomic mass is 10.1. The molecule has 0 aromatic heterocycles. The number of methoxy groups -OCH3 is 1. The van der Waals surface area contributed by atoms with Crippen molar-refractivity contribution in [3.8, 4) is 5.75 Å². The van der Waals surface area contributed by atoms with E-state index >= 15 is 0 Å². The first kappa shape index (κ1) is 19.9. The Labute approximate surface area is 132 Å². The van der Waals surface area contributed by atoms with E-state index in [2.05, 4.69) is 10.0 Å². The van der Waals surface area contributed by atoms with Crippen LogP contribution in [-0.4, -0.2) is 33.2 Å². The molecule has 1 aromatic carbocycles. The van der Waals surface area contributed by atoms with Gasteiger partial charge in [-0.3, -0.25) is 9.00 Å². The van der Waals surface area contributed by atoms with E-state index in [1.54, 1.807) is 40.0 Å². The van der Waals surface area contributed by atoms with Crippen molar-refractivity contribution in [3.63, 3.8) is 0 Å². The second-order valence-electron chi connectivity index (χ2n) is 4.97. The van der Waals surface area contributed by atoms with Gasteiger partial charge in [0.15, 0.2) is 0 Å². The number of amides is 1. The first-order valence-corrected chi connectivity index (χ1v) is 7.66. The number of para-hydroxylation sites is 2. The largest absolute Gasteiger partial charge is 0.760 e. The summed E-state index contributed by atoms with van der Waals surface area (Å²) < 4.78 is 27.1. The lowest BCUT2D eigenvalue weighted by Crippen LogP contribution is -2.36. The van der Waals surface area contributed by atoms with Gasteiger partial charge in [0.2, 0.25) is 5.91 Å². The van der Waals surface area contributed by atoms with Crippen molar-refractivity contribution in [2.45, 2.75) is 26.3 Å². The molecule has 0 radical (unpaired) electrons. The quantitative estimate of drug-likeness (QED) is 0.650. The fourth-order valence-electron chi connectivity index (χ4n) is 1.18. The Morgan fingerprint density at radius 1 is 1.38 bits per heavy atom. The third-order valence-corrected chi connectivity index (χ3v) is 2.91. The number of hydrogen-bond acceptors (Lipinski definition) is 4. The highest BCUT2D eigenvalue weighted by Crippen LogP contribution is 2.22. The zero-order valence-electron chi connectivity index (χ0n) is 12.4. The number of rotatable bonds is 4. The fourth-order valence-corrected chi connectivity index (χ4v) is 1.75. The molecular formula is C13H20ClN2O4S-. The predicted octanol–water partition coefficient (Wildman–Crippen LogP) is 2.04. The van der Waals surface area contributed by atoms with Crippen LogP contribution in [0.1, 0.15) is 20.8 Å². The van der Waals surface area contributed by atoms with Crippen molar-refractivity contribution >= 4 is 34.5 Å². The molecule has 0 aliphatic rings. The van der Waals surface area contributed by atoms with Gasteiger partial charge in [-0.15, -0.1) is 11.6 Å². The Morgan fingerprint density at radius 3 is 2.33 bits per heavy atom. The number of benzene rings is 1. The van der Waals surface area contributed by atoms with Gasteiger partial charge in [0.05, 0.1) is 12.8 Å². The van der Waals surface area contributed by atoms with Gasteiger partial charge in [0, 0.05) is 16.8 Å². The van der Waals surface area contributed by atoms with E-state index in [4.69, 9.17) is 16.3 Å². The van der Waals surface area contributed by atoms with E-state index in [9.17, 15) is 13.6 Å². The molecule has 8 heteroatoms. The Bertz CT molecular complexity index is 477. The SMILES string of the molecule is CC(C)(C)NS(=O)[O-].COc1ccccc1NC(=O)CCl. The van der Waals surface area contributed by atoms with Crippen LogP contribution in [-0.2, 0) is 16.1 Å². The molecule has 1 aromatic rings. The van der Waals surface area contributed by atoms with Gasteiger partial charge in [-0.2, -0.15) is 0 Å². The van der Waals surface area contributed by atoms with Gasteiger partial charge in [-0.25, -0.2) is 4.72 Å². The number of alkyl halides is 1. The molecule has 0 heterocycles. The van der Waals surface area contributed by atoms with Crippen molar-refractivity contribution in [1.82, 2.24) is 4.72 Å². The molecule has 1 rings (SSSR count). The van der Waals surface area contributed by atoms with Gasteiger partial charge in [-0.05, 0) is 32.9 Å². The Balaban J connectivity index is 0.000000433. The molecule has 21 heavy (non-hydrogen) atoms. The monoisotopic (exact) mass is 335 g/mol. The molecule has 0 aliphatic heterocycles. The summed E-state index contributed by atoms with van der Waals surface area (Å²) in [6, 6.07) is 7.16. The second kappa shape index (κ2) is 9.73. The van der Waals surface area contributed by atoms with Crippen molar-refractivity contribution in [3.05, 3.63) is 24.3 Å². The molecule has 1 atom stereocenters. The lowest BCUT2D eigenvalue weighted by molar-refractivity contribution is -0.113. The van der Waals surface area contributed by atoms with Crippen molar-refractivity contribution in [1.29, 1.82) is 0 Å².